The van der Waals surface area contributed by atoms with Crippen molar-refractivity contribution in [2.75, 3.05) is 13.1 Å². The van der Waals surface area contributed by atoms with Crippen LogP contribution < -0.4 is 10.6 Å². The van der Waals surface area contributed by atoms with Gasteiger partial charge in [-0.2, -0.15) is 0 Å². The second-order valence-electron chi connectivity index (χ2n) is 4.78. The summed E-state index contributed by atoms with van der Waals surface area (Å²) >= 11 is 0. The first-order valence-electron chi connectivity index (χ1n) is 6.34. The van der Waals surface area contributed by atoms with Gasteiger partial charge in [0.15, 0.2) is 0 Å². The minimum Gasteiger partial charge on any atom is -0.349 e. The zero-order valence-electron chi connectivity index (χ0n) is 11.2. The summed E-state index contributed by atoms with van der Waals surface area (Å²) in [6.07, 6.45) is 1.71. The maximum absolute atomic E-state index is 12.2. The monoisotopic (exact) mass is 299 g/mol. The van der Waals surface area contributed by atoms with Gasteiger partial charge in [-0.1, -0.05) is 6.07 Å². The van der Waals surface area contributed by atoms with Crippen molar-refractivity contribution in [2.45, 2.75) is 25.8 Å². The van der Waals surface area contributed by atoms with Crippen LogP contribution in [0.15, 0.2) is 18.2 Å². The number of nitro benzene ring substituents is 1. The second-order valence-corrected chi connectivity index (χ2v) is 4.78. The number of benzene rings is 1. The molecular formula is C13H18ClN3O3. The second kappa shape index (κ2) is 7.21. The Kier molecular flexibility index (Phi) is 5.91. The molecule has 1 fully saturated rings. The highest BCUT2D eigenvalue weighted by molar-refractivity contribution is 5.98. The smallest absolute Gasteiger partial charge is 0.282 e. The predicted molar refractivity (Wildman–Crippen MR) is 78.4 cm³/mol. The van der Waals surface area contributed by atoms with Crippen molar-refractivity contribution in [3.63, 3.8) is 0 Å². The summed E-state index contributed by atoms with van der Waals surface area (Å²) in [5, 5.41) is 17.0. The Morgan fingerprint density at radius 2 is 2.05 bits per heavy atom. The molecule has 6 nitrogen and oxygen atoms in total. The fourth-order valence-corrected chi connectivity index (χ4v) is 2.22. The van der Waals surface area contributed by atoms with Crippen LogP contribution in [-0.4, -0.2) is 30.0 Å². The highest BCUT2D eigenvalue weighted by atomic mass is 35.5. The topological polar surface area (TPSA) is 84.3 Å². The summed E-state index contributed by atoms with van der Waals surface area (Å²) in [6, 6.07) is 4.68. The Balaban J connectivity index is 0.00000200. The third-order valence-electron chi connectivity index (χ3n) is 3.27. The molecule has 1 aromatic carbocycles. The van der Waals surface area contributed by atoms with Crippen LogP contribution in [0.5, 0.6) is 0 Å². The number of hydrogen-bond donors (Lipinski definition) is 2. The van der Waals surface area contributed by atoms with Crippen molar-refractivity contribution in [1.82, 2.24) is 10.6 Å². The SMILES string of the molecule is Cc1ccc([N+](=O)[O-])c(C(=O)NC2CCNCC2)c1.Cl. The van der Waals surface area contributed by atoms with Gasteiger partial charge in [-0.05, 0) is 44.5 Å². The van der Waals surface area contributed by atoms with Gasteiger partial charge < -0.3 is 10.6 Å². The number of carbonyl (C=O) groups is 1. The number of nitrogens with one attached hydrogen (secondary N) is 2. The zero-order chi connectivity index (χ0) is 13.8. The number of nitrogens with zero attached hydrogens (tertiary/aromatic N) is 1. The standard InChI is InChI=1S/C13H17N3O3.ClH/c1-9-2-3-12(16(18)19)11(8-9)13(17)15-10-4-6-14-7-5-10;/h2-3,8,10,14H,4-7H2,1H3,(H,15,17);1H. The van der Waals surface area contributed by atoms with Crippen molar-refractivity contribution in [2.24, 2.45) is 0 Å². The van der Waals surface area contributed by atoms with Gasteiger partial charge >= 0.3 is 0 Å². The summed E-state index contributed by atoms with van der Waals surface area (Å²) in [5.41, 5.74) is 0.835. The van der Waals surface area contributed by atoms with E-state index in [0.717, 1.165) is 31.5 Å². The Bertz CT molecular complexity index is 502. The van der Waals surface area contributed by atoms with E-state index in [1.54, 1.807) is 12.1 Å². The van der Waals surface area contributed by atoms with E-state index in [0.29, 0.717) is 0 Å². The summed E-state index contributed by atoms with van der Waals surface area (Å²) < 4.78 is 0. The molecule has 1 heterocycles. The van der Waals surface area contributed by atoms with Gasteiger partial charge in [0.25, 0.3) is 11.6 Å². The third kappa shape index (κ3) is 3.91. The van der Waals surface area contributed by atoms with E-state index in [1.165, 1.54) is 6.07 Å². The van der Waals surface area contributed by atoms with Gasteiger partial charge in [-0.15, -0.1) is 12.4 Å². The molecule has 7 heteroatoms. The van der Waals surface area contributed by atoms with Crippen molar-refractivity contribution < 1.29 is 9.72 Å². The molecule has 1 aromatic rings. The van der Waals surface area contributed by atoms with Gasteiger partial charge in [-0.25, -0.2) is 0 Å². The van der Waals surface area contributed by atoms with Gasteiger partial charge in [-0.3, -0.25) is 14.9 Å². The van der Waals surface area contributed by atoms with Gasteiger partial charge in [0.05, 0.1) is 4.92 Å². The molecule has 20 heavy (non-hydrogen) atoms. The molecule has 1 amide bonds. The molecule has 2 rings (SSSR count). The molecule has 0 radical (unpaired) electrons. The number of piperidine rings is 1. The van der Waals surface area contributed by atoms with Crippen molar-refractivity contribution in [3.8, 4) is 0 Å². The number of carbonyl (C=O) groups excluding carboxylic acids is 1. The van der Waals surface area contributed by atoms with Crippen LogP contribution in [0, 0.1) is 17.0 Å². The Labute approximate surface area is 123 Å². The van der Waals surface area contributed by atoms with E-state index in [1.807, 2.05) is 6.92 Å². The summed E-state index contributed by atoms with van der Waals surface area (Å²) in [4.78, 5) is 22.6. The highest BCUT2D eigenvalue weighted by Crippen LogP contribution is 2.20. The summed E-state index contributed by atoms with van der Waals surface area (Å²) in [6.45, 7) is 3.53. The van der Waals surface area contributed by atoms with Gasteiger partial charge in [0, 0.05) is 12.1 Å². The Morgan fingerprint density at radius 3 is 2.65 bits per heavy atom. The van der Waals surface area contributed by atoms with Crippen LogP contribution in [0.25, 0.3) is 0 Å². The predicted octanol–water partition coefficient (Wildman–Crippen LogP) is 1.81. The van der Waals surface area contributed by atoms with E-state index < -0.39 is 4.92 Å². The number of aryl methyl sites for hydroxylation is 1. The van der Waals surface area contributed by atoms with Crippen LogP contribution in [0.1, 0.15) is 28.8 Å². The number of halogens is 1. The maximum Gasteiger partial charge on any atom is 0.282 e. The lowest BCUT2D eigenvalue weighted by atomic mass is 10.0. The van der Waals surface area contributed by atoms with Crippen LogP contribution in [-0.2, 0) is 0 Å². The first kappa shape index (κ1) is 16.4. The molecular weight excluding hydrogens is 282 g/mol. The Hall–Kier alpha value is -1.66. The first-order chi connectivity index (χ1) is 9.08. The molecule has 0 bridgehead atoms. The van der Waals surface area contributed by atoms with Crippen LogP contribution in [0.4, 0.5) is 5.69 Å². The fraction of sp³-hybridized carbons (Fsp3) is 0.462. The van der Waals surface area contributed by atoms with Crippen molar-refractivity contribution in [1.29, 1.82) is 0 Å². The number of amides is 1. The normalized spacial score (nSPS) is 15.2. The van der Waals surface area contributed by atoms with Crippen LogP contribution >= 0.6 is 12.4 Å². The zero-order valence-corrected chi connectivity index (χ0v) is 12.0. The van der Waals surface area contributed by atoms with Gasteiger partial charge in [0.2, 0.25) is 0 Å². The molecule has 0 spiro atoms. The molecule has 2 N–H and O–H groups in total. The lowest BCUT2D eigenvalue weighted by Crippen LogP contribution is -2.42. The molecule has 0 aliphatic carbocycles. The van der Waals surface area contributed by atoms with Crippen molar-refractivity contribution >= 4 is 24.0 Å². The average molecular weight is 300 g/mol. The minimum absolute atomic E-state index is 0. The molecule has 0 aromatic heterocycles. The lowest BCUT2D eigenvalue weighted by Gasteiger charge is -2.23. The summed E-state index contributed by atoms with van der Waals surface area (Å²) in [5.74, 6) is -0.359. The van der Waals surface area contributed by atoms with Crippen LogP contribution in [0.2, 0.25) is 0 Å². The van der Waals surface area contributed by atoms with Crippen molar-refractivity contribution in [3.05, 3.63) is 39.4 Å². The fourth-order valence-electron chi connectivity index (χ4n) is 2.22. The number of nitro groups is 1. The van der Waals surface area contributed by atoms with E-state index >= 15 is 0 Å². The molecule has 0 saturated carbocycles. The molecule has 110 valence electrons. The minimum atomic E-state index is -0.517. The molecule has 1 aliphatic heterocycles. The Morgan fingerprint density at radius 1 is 1.40 bits per heavy atom. The lowest BCUT2D eigenvalue weighted by molar-refractivity contribution is -0.385. The van der Waals surface area contributed by atoms with Gasteiger partial charge in [0.1, 0.15) is 5.56 Å². The average Bonchev–Trinajstić information content (AvgIpc) is 2.39. The molecule has 0 atom stereocenters. The van der Waals surface area contributed by atoms with E-state index in [9.17, 15) is 14.9 Å². The molecule has 1 aliphatic rings. The third-order valence-corrected chi connectivity index (χ3v) is 3.27. The number of rotatable bonds is 3. The first-order valence-corrected chi connectivity index (χ1v) is 6.34. The maximum atomic E-state index is 12.2. The quantitative estimate of drug-likeness (QED) is 0.658. The van der Waals surface area contributed by atoms with E-state index in [-0.39, 0.29) is 35.6 Å². The largest absolute Gasteiger partial charge is 0.349 e. The van der Waals surface area contributed by atoms with E-state index in [4.69, 9.17) is 0 Å². The van der Waals surface area contributed by atoms with Crippen LogP contribution in [0.3, 0.4) is 0 Å². The summed E-state index contributed by atoms with van der Waals surface area (Å²) in [7, 11) is 0. The highest BCUT2D eigenvalue weighted by Gasteiger charge is 2.23. The molecule has 0 unspecified atom stereocenters. The van der Waals surface area contributed by atoms with E-state index in [2.05, 4.69) is 10.6 Å². The number of hydrogen-bond acceptors (Lipinski definition) is 4. The molecule has 1 saturated heterocycles.